The van der Waals surface area contributed by atoms with Gasteiger partial charge in [-0.2, -0.15) is 13.2 Å². The Hall–Kier alpha value is -2.37. The molecule has 0 aliphatic carbocycles. The van der Waals surface area contributed by atoms with E-state index >= 15 is 0 Å². The summed E-state index contributed by atoms with van der Waals surface area (Å²) < 4.78 is 51.1. The van der Waals surface area contributed by atoms with Crippen molar-refractivity contribution in [3.05, 3.63) is 58.9 Å². The molecule has 0 saturated heterocycles. The van der Waals surface area contributed by atoms with Crippen LogP contribution in [0.5, 0.6) is 0 Å². The molecule has 0 unspecified atom stereocenters. The van der Waals surface area contributed by atoms with Crippen LogP contribution in [0.2, 0.25) is 0 Å². The van der Waals surface area contributed by atoms with Crippen molar-refractivity contribution in [1.29, 1.82) is 0 Å². The lowest BCUT2D eigenvalue weighted by Gasteiger charge is -2.11. The summed E-state index contributed by atoms with van der Waals surface area (Å²) in [5.41, 5.74) is -0.156. The molecule has 2 nitrogen and oxygen atoms in total. The molecule has 0 amide bonds. The van der Waals surface area contributed by atoms with Gasteiger partial charge in [-0.25, -0.2) is 9.18 Å². The van der Waals surface area contributed by atoms with Gasteiger partial charge >= 0.3 is 12.1 Å². The van der Waals surface area contributed by atoms with Crippen molar-refractivity contribution in [3.63, 3.8) is 0 Å². The van der Waals surface area contributed by atoms with Gasteiger partial charge < -0.3 is 5.11 Å². The second-order valence-corrected chi connectivity index (χ2v) is 4.53. The van der Waals surface area contributed by atoms with E-state index in [-0.39, 0.29) is 11.1 Å². The quantitative estimate of drug-likeness (QED) is 0.828. The molecule has 0 radical (unpaired) electrons. The lowest BCUT2D eigenvalue weighted by atomic mass is 9.97. The number of carbonyl (C=O) groups is 1. The maximum atomic E-state index is 13.6. The summed E-state index contributed by atoms with van der Waals surface area (Å²) in [6.07, 6.45) is -4.76. The predicted molar refractivity (Wildman–Crippen MR) is 68.5 cm³/mol. The number of halogens is 4. The minimum absolute atomic E-state index is 0.0177. The Balaban J connectivity index is 2.55. The molecule has 0 aliphatic heterocycles. The average molecular weight is 298 g/mol. The summed E-state index contributed by atoms with van der Waals surface area (Å²) >= 11 is 0. The molecule has 6 heteroatoms. The normalized spacial score (nSPS) is 11.5. The largest absolute Gasteiger partial charge is 0.478 e. The van der Waals surface area contributed by atoms with Crippen LogP contribution in [0.25, 0.3) is 11.1 Å². The van der Waals surface area contributed by atoms with E-state index in [9.17, 15) is 22.4 Å². The lowest BCUT2D eigenvalue weighted by molar-refractivity contribution is -0.139. The highest BCUT2D eigenvalue weighted by atomic mass is 19.4. The Bertz CT molecular complexity index is 705. The van der Waals surface area contributed by atoms with Crippen molar-refractivity contribution < 1.29 is 27.5 Å². The number of aryl methyl sites for hydroxylation is 1. The van der Waals surface area contributed by atoms with Crippen LogP contribution < -0.4 is 0 Å². The van der Waals surface area contributed by atoms with Crippen molar-refractivity contribution in [2.75, 3.05) is 0 Å². The summed E-state index contributed by atoms with van der Waals surface area (Å²) in [4.78, 5) is 10.9. The smallest absolute Gasteiger partial charge is 0.419 e. The Kier molecular flexibility index (Phi) is 3.72. The molecule has 0 atom stereocenters. The van der Waals surface area contributed by atoms with Gasteiger partial charge in [-0.1, -0.05) is 12.1 Å². The second kappa shape index (κ2) is 5.20. The zero-order chi connectivity index (χ0) is 15.8. The molecule has 0 fully saturated rings. The summed E-state index contributed by atoms with van der Waals surface area (Å²) in [5, 5.41) is 8.93. The van der Waals surface area contributed by atoms with Gasteiger partial charge in [0.25, 0.3) is 0 Å². The summed E-state index contributed by atoms with van der Waals surface area (Å²) in [6.45, 7) is 1.66. The molecule has 0 saturated carbocycles. The van der Waals surface area contributed by atoms with Crippen LogP contribution in [0.4, 0.5) is 17.6 Å². The molecule has 0 heterocycles. The Morgan fingerprint density at radius 2 is 1.76 bits per heavy atom. The summed E-state index contributed by atoms with van der Waals surface area (Å²) in [7, 11) is 0. The van der Waals surface area contributed by atoms with Crippen LogP contribution in [0.1, 0.15) is 21.5 Å². The van der Waals surface area contributed by atoms with E-state index < -0.39 is 23.5 Å². The number of rotatable bonds is 2. The lowest BCUT2D eigenvalue weighted by Crippen LogP contribution is -2.08. The van der Waals surface area contributed by atoms with Gasteiger partial charge in [0.15, 0.2) is 0 Å². The first-order valence-electron chi connectivity index (χ1n) is 5.91. The van der Waals surface area contributed by atoms with Gasteiger partial charge in [-0.15, -0.1) is 0 Å². The van der Waals surface area contributed by atoms with E-state index in [2.05, 4.69) is 0 Å². The number of aromatic carboxylic acids is 1. The van der Waals surface area contributed by atoms with Crippen molar-refractivity contribution in [1.82, 2.24) is 0 Å². The summed E-state index contributed by atoms with van der Waals surface area (Å²) in [5.74, 6) is -2.55. The SMILES string of the molecule is Cc1ccc(C(=O)O)cc1-c1ccc(C(F)(F)F)c(F)c1. The molecule has 0 aliphatic rings. The monoisotopic (exact) mass is 298 g/mol. The van der Waals surface area contributed by atoms with Gasteiger partial charge in [-0.05, 0) is 47.9 Å². The summed E-state index contributed by atoms with van der Waals surface area (Å²) in [6, 6.07) is 6.74. The molecule has 0 bridgehead atoms. The van der Waals surface area contributed by atoms with Gasteiger partial charge in [0.05, 0.1) is 11.1 Å². The van der Waals surface area contributed by atoms with Gasteiger partial charge in [0.1, 0.15) is 5.82 Å². The number of hydrogen-bond acceptors (Lipinski definition) is 1. The topological polar surface area (TPSA) is 37.3 Å². The van der Waals surface area contributed by atoms with Gasteiger partial charge in [0, 0.05) is 0 Å². The highest BCUT2D eigenvalue weighted by molar-refractivity contribution is 5.90. The Morgan fingerprint density at radius 1 is 1.10 bits per heavy atom. The third-order valence-electron chi connectivity index (χ3n) is 3.07. The van der Waals surface area contributed by atoms with Crippen molar-refractivity contribution in [3.8, 4) is 11.1 Å². The van der Waals surface area contributed by atoms with Crippen LogP contribution in [0.3, 0.4) is 0 Å². The molecule has 21 heavy (non-hydrogen) atoms. The number of carboxylic acids is 1. The number of hydrogen-bond donors (Lipinski definition) is 1. The van der Waals surface area contributed by atoms with Crippen LogP contribution in [-0.2, 0) is 6.18 Å². The molecule has 2 aromatic rings. The fourth-order valence-electron chi connectivity index (χ4n) is 1.98. The van der Waals surface area contributed by atoms with Crippen LogP contribution in [-0.4, -0.2) is 11.1 Å². The fraction of sp³-hybridized carbons (Fsp3) is 0.133. The zero-order valence-corrected chi connectivity index (χ0v) is 10.8. The molecule has 110 valence electrons. The van der Waals surface area contributed by atoms with E-state index in [0.717, 1.165) is 12.1 Å². The number of alkyl halides is 3. The highest BCUT2D eigenvalue weighted by Crippen LogP contribution is 2.34. The van der Waals surface area contributed by atoms with Crippen LogP contribution >= 0.6 is 0 Å². The van der Waals surface area contributed by atoms with E-state index in [0.29, 0.717) is 17.2 Å². The van der Waals surface area contributed by atoms with Crippen molar-refractivity contribution in [2.24, 2.45) is 0 Å². The van der Waals surface area contributed by atoms with E-state index in [1.165, 1.54) is 18.2 Å². The first kappa shape index (κ1) is 15.0. The maximum absolute atomic E-state index is 13.6. The molecule has 0 spiro atoms. The zero-order valence-electron chi connectivity index (χ0n) is 10.8. The van der Waals surface area contributed by atoms with Crippen molar-refractivity contribution >= 4 is 5.97 Å². The Labute approximate surface area is 117 Å². The predicted octanol–water partition coefficient (Wildman–Crippen LogP) is 4.52. The van der Waals surface area contributed by atoms with Gasteiger partial charge in [0.2, 0.25) is 0 Å². The average Bonchev–Trinajstić information content (AvgIpc) is 2.37. The maximum Gasteiger partial charge on any atom is 0.419 e. The minimum atomic E-state index is -4.76. The standard InChI is InChI=1S/C15H10F4O2/c1-8-2-3-10(14(20)21)6-11(8)9-4-5-12(13(16)7-9)15(17,18)19/h2-7H,1H3,(H,20,21). The first-order chi connectivity index (χ1) is 9.70. The first-order valence-corrected chi connectivity index (χ1v) is 5.91. The molecular weight excluding hydrogens is 288 g/mol. The Morgan fingerprint density at radius 3 is 2.29 bits per heavy atom. The molecule has 1 N–H and O–H groups in total. The number of benzene rings is 2. The van der Waals surface area contributed by atoms with E-state index in [1.807, 2.05) is 0 Å². The minimum Gasteiger partial charge on any atom is -0.478 e. The van der Waals surface area contributed by atoms with Crippen LogP contribution in [0.15, 0.2) is 36.4 Å². The van der Waals surface area contributed by atoms with E-state index in [4.69, 9.17) is 5.11 Å². The van der Waals surface area contributed by atoms with Crippen LogP contribution in [0, 0.1) is 12.7 Å². The molecule has 2 rings (SSSR count). The molecule has 0 aromatic heterocycles. The third-order valence-corrected chi connectivity index (χ3v) is 3.07. The molecule has 2 aromatic carbocycles. The van der Waals surface area contributed by atoms with Gasteiger partial charge in [-0.3, -0.25) is 0 Å². The number of carboxylic acid groups (broad SMARTS) is 1. The van der Waals surface area contributed by atoms with E-state index in [1.54, 1.807) is 6.92 Å². The fourth-order valence-corrected chi connectivity index (χ4v) is 1.98. The van der Waals surface area contributed by atoms with Crippen molar-refractivity contribution in [2.45, 2.75) is 13.1 Å². The molecular formula is C15H10F4O2. The highest BCUT2D eigenvalue weighted by Gasteiger charge is 2.34. The third kappa shape index (κ3) is 3.04. The second-order valence-electron chi connectivity index (χ2n) is 4.53.